The zero-order valence-electron chi connectivity index (χ0n) is 16.8. The van der Waals surface area contributed by atoms with Crippen molar-refractivity contribution in [1.29, 1.82) is 0 Å². The van der Waals surface area contributed by atoms with Crippen molar-refractivity contribution in [3.63, 3.8) is 0 Å². The molecule has 6 nitrogen and oxygen atoms in total. The molecule has 27 heavy (non-hydrogen) atoms. The fourth-order valence-corrected chi connectivity index (χ4v) is 4.09. The molecule has 2 aliphatic heterocycles. The lowest BCUT2D eigenvalue weighted by atomic mass is 10.0. The summed E-state index contributed by atoms with van der Waals surface area (Å²) in [6.45, 7) is 9.70. The second kappa shape index (κ2) is 10.0. The normalized spacial score (nSPS) is 20.2. The van der Waals surface area contributed by atoms with Gasteiger partial charge < -0.3 is 15.0 Å². The Bertz CT molecular complexity index is 567. The number of piperidine rings is 1. The minimum atomic E-state index is 0.0746. The molecule has 1 N–H and O–H groups in total. The summed E-state index contributed by atoms with van der Waals surface area (Å²) in [5.74, 6) is 0.551. The Morgan fingerprint density at radius 1 is 1.26 bits per heavy atom. The van der Waals surface area contributed by atoms with Gasteiger partial charge in [0, 0.05) is 38.1 Å². The van der Waals surface area contributed by atoms with Gasteiger partial charge in [0.1, 0.15) is 0 Å². The quantitative estimate of drug-likeness (QED) is 0.797. The number of amides is 2. The molecule has 2 aliphatic rings. The van der Waals surface area contributed by atoms with E-state index in [4.69, 9.17) is 4.74 Å². The molecule has 0 bridgehead atoms. The highest BCUT2D eigenvalue weighted by atomic mass is 16.5. The molecule has 6 heteroatoms. The van der Waals surface area contributed by atoms with Gasteiger partial charge in [0.25, 0.3) is 0 Å². The van der Waals surface area contributed by atoms with Gasteiger partial charge in [0.05, 0.1) is 12.7 Å². The number of nitrogens with zero attached hydrogens (tertiary/aromatic N) is 3. The number of urea groups is 1. The number of ether oxygens (including phenoxy) is 1. The highest BCUT2D eigenvalue weighted by Crippen LogP contribution is 2.18. The maximum Gasteiger partial charge on any atom is 0.317 e. The molecular formula is C21H34N4O2. The summed E-state index contributed by atoms with van der Waals surface area (Å²) in [6.07, 6.45) is 8.19. The molecule has 0 aromatic carbocycles. The Morgan fingerprint density at radius 2 is 2.00 bits per heavy atom. The lowest BCUT2D eigenvalue weighted by molar-refractivity contribution is 0.00422. The van der Waals surface area contributed by atoms with Crippen LogP contribution in [0.3, 0.4) is 0 Å². The minimum Gasteiger partial charge on any atom is -0.373 e. The molecule has 0 spiro atoms. The summed E-state index contributed by atoms with van der Waals surface area (Å²) >= 11 is 0. The van der Waals surface area contributed by atoms with Crippen LogP contribution >= 0.6 is 0 Å². The molecule has 0 aliphatic carbocycles. The van der Waals surface area contributed by atoms with E-state index in [-0.39, 0.29) is 12.1 Å². The first-order valence-corrected chi connectivity index (χ1v) is 10.4. The summed E-state index contributed by atoms with van der Waals surface area (Å²) in [7, 11) is 0. The highest BCUT2D eigenvalue weighted by molar-refractivity contribution is 5.74. The third-order valence-corrected chi connectivity index (χ3v) is 5.78. The minimum absolute atomic E-state index is 0.0746. The van der Waals surface area contributed by atoms with Gasteiger partial charge in [-0.05, 0) is 56.3 Å². The van der Waals surface area contributed by atoms with Crippen LogP contribution in [0.5, 0.6) is 0 Å². The van der Waals surface area contributed by atoms with Gasteiger partial charge in [0.2, 0.25) is 0 Å². The van der Waals surface area contributed by atoms with Gasteiger partial charge in [-0.2, -0.15) is 0 Å². The van der Waals surface area contributed by atoms with Crippen molar-refractivity contribution < 1.29 is 9.53 Å². The zero-order valence-corrected chi connectivity index (χ0v) is 16.8. The smallest absolute Gasteiger partial charge is 0.317 e. The molecule has 0 saturated carbocycles. The summed E-state index contributed by atoms with van der Waals surface area (Å²) in [6, 6.07) is 4.47. The van der Waals surface area contributed by atoms with E-state index in [9.17, 15) is 4.79 Å². The van der Waals surface area contributed by atoms with Crippen molar-refractivity contribution in [3.8, 4) is 0 Å². The van der Waals surface area contributed by atoms with Crippen LogP contribution in [0, 0.1) is 5.92 Å². The average Bonchev–Trinajstić information content (AvgIpc) is 3.22. The summed E-state index contributed by atoms with van der Waals surface area (Å²) in [4.78, 5) is 21.2. The molecule has 0 radical (unpaired) electrons. The summed E-state index contributed by atoms with van der Waals surface area (Å²) < 4.78 is 5.99. The molecule has 3 heterocycles. The number of likely N-dealkylation sites (tertiary alicyclic amines) is 2. The van der Waals surface area contributed by atoms with Crippen LogP contribution in [0.2, 0.25) is 0 Å². The van der Waals surface area contributed by atoms with E-state index < -0.39 is 0 Å². The Hall–Kier alpha value is -1.66. The Labute approximate surface area is 163 Å². The summed E-state index contributed by atoms with van der Waals surface area (Å²) in [5, 5.41) is 3.18. The van der Waals surface area contributed by atoms with Crippen LogP contribution in [-0.2, 0) is 11.3 Å². The van der Waals surface area contributed by atoms with Crippen molar-refractivity contribution in [2.75, 3.05) is 32.7 Å². The monoisotopic (exact) mass is 374 g/mol. The second-order valence-corrected chi connectivity index (χ2v) is 8.10. The van der Waals surface area contributed by atoms with Gasteiger partial charge in [-0.25, -0.2) is 4.79 Å². The van der Waals surface area contributed by atoms with Gasteiger partial charge in [-0.3, -0.25) is 9.88 Å². The van der Waals surface area contributed by atoms with Crippen LogP contribution in [-0.4, -0.2) is 65.7 Å². The largest absolute Gasteiger partial charge is 0.373 e. The van der Waals surface area contributed by atoms with Gasteiger partial charge in [-0.1, -0.05) is 19.9 Å². The topological polar surface area (TPSA) is 57.7 Å². The molecule has 150 valence electrons. The lowest BCUT2D eigenvalue weighted by Crippen LogP contribution is -2.51. The van der Waals surface area contributed by atoms with E-state index in [2.05, 4.69) is 29.0 Å². The maximum atomic E-state index is 12.6. The Balaban J connectivity index is 1.37. The third kappa shape index (κ3) is 5.91. The maximum absolute atomic E-state index is 12.6. The van der Waals surface area contributed by atoms with Gasteiger partial charge in [-0.15, -0.1) is 0 Å². The first kappa shape index (κ1) is 20.1. The molecule has 1 aromatic heterocycles. The standard InChI is InChI=1S/C21H34N4O2/c1-17(2)20(24-10-3-4-11-24)15-23-21(26)25-12-7-19(8-13-25)27-16-18-6-5-9-22-14-18/h5-6,9,14,17,19-20H,3-4,7-8,10-13,15-16H2,1-2H3,(H,23,26)/t20-/m1/s1. The van der Waals surface area contributed by atoms with Crippen molar-refractivity contribution >= 4 is 6.03 Å². The van der Waals surface area contributed by atoms with E-state index in [0.29, 0.717) is 18.6 Å². The fraction of sp³-hybridized carbons (Fsp3) is 0.714. The van der Waals surface area contributed by atoms with E-state index in [0.717, 1.165) is 38.0 Å². The molecule has 1 atom stereocenters. The van der Waals surface area contributed by atoms with Crippen LogP contribution in [0.4, 0.5) is 4.79 Å². The number of hydrogen-bond acceptors (Lipinski definition) is 4. The van der Waals surface area contributed by atoms with E-state index >= 15 is 0 Å². The van der Waals surface area contributed by atoms with Crippen molar-refractivity contribution in [2.45, 2.75) is 58.3 Å². The van der Waals surface area contributed by atoms with E-state index in [1.165, 1.54) is 25.9 Å². The third-order valence-electron chi connectivity index (χ3n) is 5.78. The average molecular weight is 375 g/mol. The number of nitrogens with one attached hydrogen (secondary N) is 1. The molecular weight excluding hydrogens is 340 g/mol. The highest BCUT2D eigenvalue weighted by Gasteiger charge is 2.27. The van der Waals surface area contributed by atoms with Gasteiger partial charge in [0.15, 0.2) is 0 Å². The van der Waals surface area contributed by atoms with Crippen LogP contribution in [0.25, 0.3) is 0 Å². The number of carbonyl (C=O) groups excluding carboxylic acids is 1. The fourth-order valence-electron chi connectivity index (χ4n) is 4.09. The SMILES string of the molecule is CC(C)[C@@H](CNC(=O)N1CCC(OCc2cccnc2)CC1)N1CCCC1. The molecule has 1 aromatic rings. The first-order chi connectivity index (χ1) is 13.1. The predicted molar refractivity (Wildman–Crippen MR) is 106 cm³/mol. The Morgan fingerprint density at radius 3 is 2.63 bits per heavy atom. The van der Waals surface area contributed by atoms with Gasteiger partial charge >= 0.3 is 6.03 Å². The van der Waals surface area contributed by atoms with Crippen molar-refractivity contribution in [3.05, 3.63) is 30.1 Å². The number of aromatic nitrogens is 1. The van der Waals surface area contributed by atoms with Crippen LogP contribution in [0.15, 0.2) is 24.5 Å². The second-order valence-electron chi connectivity index (χ2n) is 8.10. The first-order valence-electron chi connectivity index (χ1n) is 10.4. The molecule has 2 saturated heterocycles. The predicted octanol–water partition coefficient (Wildman–Crippen LogP) is 2.89. The van der Waals surface area contributed by atoms with Crippen LogP contribution in [0.1, 0.15) is 45.1 Å². The summed E-state index contributed by atoms with van der Waals surface area (Å²) in [5.41, 5.74) is 1.10. The van der Waals surface area contributed by atoms with Crippen molar-refractivity contribution in [2.24, 2.45) is 5.92 Å². The molecule has 2 amide bonds. The van der Waals surface area contributed by atoms with E-state index in [1.54, 1.807) is 6.20 Å². The number of carbonyl (C=O) groups is 1. The lowest BCUT2D eigenvalue weighted by Gasteiger charge is -2.34. The zero-order chi connectivity index (χ0) is 19.1. The molecule has 0 unspecified atom stereocenters. The molecule has 2 fully saturated rings. The number of rotatable bonds is 7. The molecule has 3 rings (SSSR count). The number of pyridine rings is 1. The van der Waals surface area contributed by atoms with Crippen LogP contribution < -0.4 is 5.32 Å². The van der Waals surface area contributed by atoms with Crippen molar-refractivity contribution in [1.82, 2.24) is 20.1 Å². The number of hydrogen-bond donors (Lipinski definition) is 1. The Kier molecular flexibility index (Phi) is 7.47. The van der Waals surface area contributed by atoms with E-state index in [1.807, 2.05) is 23.2 Å².